The third-order valence-electron chi connectivity index (χ3n) is 11.6. The van der Waals surface area contributed by atoms with Crippen LogP contribution in [0.25, 0.3) is 0 Å². The number of ether oxygens (including phenoxy) is 2. The highest BCUT2D eigenvalue weighted by Crippen LogP contribution is 2.56. The second kappa shape index (κ2) is 14.0. The molecule has 7 rings (SSSR count). The molecule has 0 radical (unpaired) electrons. The van der Waals surface area contributed by atoms with Crippen LogP contribution >= 0.6 is 0 Å². The van der Waals surface area contributed by atoms with Crippen molar-refractivity contribution in [2.45, 2.75) is 103 Å². The quantitative estimate of drug-likeness (QED) is 0.126. The molecule has 0 fully saturated rings. The van der Waals surface area contributed by atoms with Gasteiger partial charge in [0.1, 0.15) is 23.3 Å². The Bertz CT molecular complexity index is 1690. The van der Waals surface area contributed by atoms with Crippen molar-refractivity contribution in [3.8, 4) is 11.5 Å². The van der Waals surface area contributed by atoms with E-state index in [0.717, 1.165) is 73.9 Å². The minimum absolute atomic E-state index is 0.108. The molecule has 6 atom stereocenters. The van der Waals surface area contributed by atoms with E-state index in [2.05, 4.69) is 27.7 Å². The molecule has 0 saturated heterocycles. The van der Waals surface area contributed by atoms with Crippen molar-refractivity contribution in [1.29, 1.82) is 0 Å². The Balaban J connectivity index is 1.21. The summed E-state index contributed by atoms with van der Waals surface area (Å²) >= 11 is 0. The van der Waals surface area contributed by atoms with Gasteiger partial charge in [-0.25, -0.2) is 0 Å². The zero-order valence-electron chi connectivity index (χ0n) is 29.7. The largest absolute Gasteiger partial charge is 0.426 e. The van der Waals surface area contributed by atoms with Gasteiger partial charge < -0.3 is 19.3 Å². The van der Waals surface area contributed by atoms with E-state index in [4.69, 9.17) is 9.47 Å². The van der Waals surface area contributed by atoms with Crippen LogP contribution in [0.1, 0.15) is 125 Å². The number of anilines is 2. The Kier molecular flexibility index (Phi) is 9.55. The van der Waals surface area contributed by atoms with E-state index < -0.39 is 35.6 Å². The van der Waals surface area contributed by atoms with Crippen LogP contribution in [0.4, 0.5) is 11.4 Å². The van der Waals surface area contributed by atoms with Crippen LogP contribution in [0.2, 0.25) is 0 Å². The van der Waals surface area contributed by atoms with Gasteiger partial charge in [-0.05, 0) is 60.1 Å². The van der Waals surface area contributed by atoms with Gasteiger partial charge in [0, 0.05) is 35.6 Å². The number of nitrogens with zero attached hydrogens (tertiary/aromatic N) is 2. The predicted molar refractivity (Wildman–Crippen MR) is 193 cm³/mol. The van der Waals surface area contributed by atoms with Gasteiger partial charge in [-0.3, -0.25) is 19.2 Å². The van der Waals surface area contributed by atoms with Crippen LogP contribution in [0, 0.1) is 11.8 Å². The highest BCUT2D eigenvalue weighted by molar-refractivity contribution is 6.10. The van der Waals surface area contributed by atoms with E-state index in [1.165, 1.54) is 0 Å². The number of hydrogen-bond donors (Lipinski definition) is 0. The van der Waals surface area contributed by atoms with Crippen LogP contribution in [-0.2, 0) is 19.2 Å². The van der Waals surface area contributed by atoms with Crippen molar-refractivity contribution >= 4 is 35.1 Å². The molecule has 262 valence electrons. The van der Waals surface area contributed by atoms with Crippen LogP contribution in [0.3, 0.4) is 0 Å². The van der Waals surface area contributed by atoms with Gasteiger partial charge in [0.05, 0.1) is 11.8 Å². The van der Waals surface area contributed by atoms with Gasteiger partial charge >= 0.3 is 11.9 Å². The first-order valence-electron chi connectivity index (χ1n) is 18.7. The van der Waals surface area contributed by atoms with E-state index in [9.17, 15) is 19.2 Å². The van der Waals surface area contributed by atoms with Gasteiger partial charge in [-0.1, -0.05) is 103 Å². The van der Waals surface area contributed by atoms with E-state index in [1.54, 1.807) is 12.1 Å². The number of para-hydroxylation sites is 2. The molecule has 4 heterocycles. The van der Waals surface area contributed by atoms with Gasteiger partial charge in [-0.2, -0.15) is 0 Å². The molecule has 0 aromatic heterocycles. The standard InChI is InChI=1S/C42H48N2O6/c1-5-9-15-25(7-3)23-43-31-19-13-11-17-27(31)35(39(43)45)37-29-21-34-30(22-33(29)49-41(37)47)38(42(48)50-34)36-28-18-12-14-20-32(28)44(40(36)46)24-26(8-4)16-10-6-2/h11-14,17-22,25-26,35-38H,5-10,15-16,23-24H2,1-4H3. The summed E-state index contributed by atoms with van der Waals surface area (Å²) in [5.41, 5.74) is 4.38. The van der Waals surface area contributed by atoms with Crippen molar-refractivity contribution in [3.05, 3.63) is 82.9 Å². The summed E-state index contributed by atoms with van der Waals surface area (Å²) < 4.78 is 11.8. The van der Waals surface area contributed by atoms with Gasteiger partial charge in [0.2, 0.25) is 11.8 Å². The third-order valence-corrected chi connectivity index (χ3v) is 11.6. The maximum absolute atomic E-state index is 14.3. The SMILES string of the molecule is CCCCC(CC)CN1C(=O)C(C2C(=O)Oc3cc4c(cc32)OC(=O)C4C2C(=O)N(CC(CC)CCCC)c3ccccc32)c2ccccc21. The average Bonchev–Trinajstić information content (AvgIpc) is 3.79. The number of rotatable bonds is 14. The molecule has 0 saturated carbocycles. The Morgan fingerprint density at radius 3 is 1.34 bits per heavy atom. The molecule has 3 aromatic carbocycles. The zero-order chi connectivity index (χ0) is 35.1. The Labute approximate surface area is 295 Å². The summed E-state index contributed by atoms with van der Waals surface area (Å²) in [5.74, 6) is -3.08. The van der Waals surface area contributed by atoms with Crippen molar-refractivity contribution in [2.75, 3.05) is 22.9 Å². The Morgan fingerprint density at radius 2 is 0.960 bits per heavy atom. The molecule has 0 aliphatic carbocycles. The Morgan fingerprint density at radius 1 is 0.560 bits per heavy atom. The lowest BCUT2D eigenvalue weighted by atomic mass is 9.80. The molecule has 2 amide bonds. The molecule has 50 heavy (non-hydrogen) atoms. The molecule has 6 unspecified atom stereocenters. The molecule has 3 aromatic rings. The fourth-order valence-corrected chi connectivity index (χ4v) is 8.69. The molecule has 4 aliphatic rings. The number of benzene rings is 3. The molecular weight excluding hydrogens is 628 g/mol. The predicted octanol–water partition coefficient (Wildman–Crippen LogP) is 8.39. The lowest BCUT2D eigenvalue weighted by molar-refractivity contribution is -0.136. The minimum atomic E-state index is -0.874. The smallest absolute Gasteiger partial charge is 0.320 e. The summed E-state index contributed by atoms with van der Waals surface area (Å²) in [6.07, 6.45) is 8.42. The van der Waals surface area contributed by atoms with E-state index in [-0.39, 0.29) is 11.8 Å². The first kappa shape index (κ1) is 34.0. The number of carbonyl (C=O) groups excluding carboxylic acids is 4. The lowest BCUT2D eigenvalue weighted by Crippen LogP contribution is -2.36. The molecule has 8 nitrogen and oxygen atoms in total. The normalized spacial score (nSPS) is 23.0. The van der Waals surface area contributed by atoms with Crippen LogP contribution < -0.4 is 19.3 Å². The van der Waals surface area contributed by atoms with Crippen molar-refractivity contribution in [3.63, 3.8) is 0 Å². The second-order valence-corrected chi connectivity index (χ2v) is 14.5. The van der Waals surface area contributed by atoms with E-state index in [0.29, 0.717) is 47.6 Å². The van der Waals surface area contributed by atoms with Crippen LogP contribution in [-0.4, -0.2) is 36.8 Å². The number of carbonyl (C=O) groups is 4. The first-order valence-corrected chi connectivity index (χ1v) is 18.7. The fraction of sp³-hybridized carbons (Fsp3) is 0.476. The number of unbranched alkanes of at least 4 members (excludes halogenated alkanes) is 2. The van der Waals surface area contributed by atoms with Crippen LogP contribution in [0.15, 0.2) is 60.7 Å². The molecular formula is C42H48N2O6. The number of amides is 2. The monoisotopic (exact) mass is 676 g/mol. The summed E-state index contributed by atoms with van der Waals surface area (Å²) in [4.78, 5) is 59.7. The summed E-state index contributed by atoms with van der Waals surface area (Å²) in [7, 11) is 0. The number of fused-ring (bicyclic) bond motifs is 4. The molecule has 0 N–H and O–H groups in total. The molecule has 8 heteroatoms. The van der Waals surface area contributed by atoms with Crippen molar-refractivity contribution < 1.29 is 28.7 Å². The summed E-state index contributed by atoms with van der Waals surface area (Å²) in [6.45, 7) is 9.88. The van der Waals surface area contributed by atoms with E-state index in [1.807, 2.05) is 58.3 Å². The minimum Gasteiger partial charge on any atom is -0.426 e. The van der Waals surface area contributed by atoms with Gasteiger partial charge in [0.25, 0.3) is 0 Å². The lowest BCUT2D eigenvalue weighted by Gasteiger charge is -2.25. The molecule has 0 bridgehead atoms. The van der Waals surface area contributed by atoms with Crippen molar-refractivity contribution in [1.82, 2.24) is 0 Å². The molecule has 4 aliphatic heterocycles. The van der Waals surface area contributed by atoms with Crippen LogP contribution in [0.5, 0.6) is 11.5 Å². The summed E-state index contributed by atoms with van der Waals surface area (Å²) in [6, 6.07) is 18.9. The van der Waals surface area contributed by atoms with Gasteiger partial charge in [0.15, 0.2) is 0 Å². The van der Waals surface area contributed by atoms with Gasteiger partial charge in [-0.15, -0.1) is 0 Å². The number of esters is 2. The van der Waals surface area contributed by atoms with E-state index >= 15 is 0 Å². The zero-order valence-corrected chi connectivity index (χ0v) is 29.7. The maximum atomic E-state index is 14.3. The number of hydrogen-bond acceptors (Lipinski definition) is 6. The third kappa shape index (κ3) is 5.70. The topological polar surface area (TPSA) is 93.2 Å². The maximum Gasteiger partial charge on any atom is 0.320 e. The average molecular weight is 677 g/mol. The first-order chi connectivity index (χ1) is 24.3. The fourth-order valence-electron chi connectivity index (χ4n) is 8.69. The summed E-state index contributed by atoms with van der Waals surface area (Å²) in [5, 5.41) is 0. The Hall–Kier alpha value is -4.46. The second-order valence-electron chi connectivity index (χ2n) is 14.5. The highest BCUT2D eigenvalue weighted by Gasteiger charge is 2.53. The molecule has 0 spiro atoms. The highest BCUT2D eigenvalue weighted by atomic mass is 16.5. The van der Waals surface area contributed by atoms with Crippen molar-refractivity contribution in [2.24, 2.45) is 11.8 Å².